The molecule has 1 aromatic carbocycles. The minimum absolute atomic E-state index is 0.125. The molecule has 0 amide bonds. The Morgan fingerprint density at radius 3 is 2.67 bits per heavy atom. The van der Waals surface area contributed by atoms with E-state index in [1.807, 2.05) is 6.92 Å². The number of nitrogens with two attached hydrogens (primary N) is 1. The van der Waals surface area contributed by atoms with Crippen molar-refractivity contribution in [3.63, 3.8) is 0 Å². The Kier molecular flexibility index (Phi) is 3.80. The lowest BCUT2D eigenvalue weighted by molar-refractivity contribution is 0.0999. The number of methoxy groups -OCH3 is 1. The number of carbonyl (C=O) groups is 1. The van der Waals surface area contributed by atoms with Gasteiger partial charge in [-0.1, -0.05) is 6.92 Å². The summed E-state index contributed by atoms with van der Waals surface area (Å²) in [5.74, 6) is -0.361. The van der Waals surface area contributed by atoms with E-state index >= 15 is 0 Å². The van der Waals surface area contributed by atoms with Crippen molar-refractivity contribution in [2.45, 2.75) is 13.3 Å². The molecule has 0 aliphatic carbocycles. The molecule has 0 aliphatic heterocycles. The standard InChI is InChI=1S/C11H14FNO2/c1-3-8-9(10(14)6-13)4-7(12)5-11(8)15-2/h4-5H,3,6,13H2,1-2H3. The first-order valence-corrected chi connectivity index (χ1v) is 4.73. The Bertz CT molecular complexity index is 377. The highest BCUT2D eigenvalue weighted by atomic mass is 19.1. The van der Waals surface area contributed by atoms with E-state index in [0.29, 0.717) is 23.3 Å². The summed E-state index contributed by atoms with van der Waals surface area (Å²) in [4.78, 5) is 11.5. The Morgan fingerprint density at radius 1 is 1.53 bits per heavy atom. The zero-order chi connectivity index (χ0) is 11.4. The van der Waals surface area contributed by atoms with Crippen LogP contribution in [0.15, 0.2) is 12.1 Å². The zero-order valence-corrected chi connectivity index (χ0v) is 8.84. The topological polar surface area (TPSA) is 52.3 Å². The minimum atomic E-state index is -0.485. The molecule has 0 aromatic heterocycles. The number of carbonyl (C=O) groups excluding carboxylic acids is 1. The van der Waals surface area contributed by atoms with Gasteiger partial charge in [-0.2, -0.15) is 0 Å². The van der Waals surface area contributed by atoms with Crippen LogP contribution in [0.3, 0.4) is 0 Å². The van der Waals surface area contributed by atoms with E-state index in [-0.39, 0.29) is 12.3 Å². The summed E-state index contributed by atoms with van der Waals surface area (Å²) < 4.78 is 18.2. The maximum absolute atomic E-state index is 13.2. The molecule has 15 heavy (non-hydrogen) atoms. The van der Waals surface area contributed by atoms with E-state index in [1.165, 1.54) is 19.2 Å². The third kappa shape index (κ3) is 2.33. The maximum Gasteiger partial charge on any atom is 0.176 e. The first-order valence-electron chi connectivity index (χ1n) is 4.73. The molecule has 2 N–H and O–H groups in total. The fourth-order valence-corrected chi connectivity index (χ4v) is 1.52. The number of hydrogen-bond acceptors (Lipinski definition) is 3. The van der Waals surface area contributed by atoms with E-state index < -0.39 is 5.82 Å². The summed E-state index contributed by atoms with van der Waals surface area (Å²) in [5, 5.41) is 0. The molecule has 0 fully saturated rings. The van der Waals surface area contributed by atoms with E-state index in [1.54, 1.807) is 0 Å². The fraction of sp³-hybridized carbons (Fsp3) is 0.364. The Hall–Kier alpha value is -1.42. The quantitative estimate of drug-likeness (QED) is 0.768. The van der Waals surface area contributed by atoms with Crippen LogP contribution in [-0.4, -0.2) is 19.4 Å². The summed E-state index contributed by atoms with van der Waals surface area (Å²) in [7, 11) is 1.45. The Labute approximate surface area is 88.0 Å². The second-order valence-electron chi connectivity index (χ2n) is 3.12. The number of ketones is 1. The largest absolute Gasteiger partial charge is 0.496 e. The van der Waals surface area contributed by atoms with Crippen molar-refractivity contribution in [1.29, 1.82) is 0 Å². The molecule has 0 saturated carbocycles. The summed E-state index contributed by atoms with van der Waals surface area (Å²) in [5.41, 5.74) is 6.28. The third-order valence-electron chi connectivity index (χ3n) is 2.23. The summed E-state index contributed by atoms with van der Waals surface area (Å²) in [6.45, 7) is 1.75. The van der Waals surface area contributed by atoms with Crippen molar-refractivity contribution < 1.29 is 13.9 Å². The van der Waals surface area contributed by atoms with Crippen LogP contribution in [0.25, 0.3) is 0 Å². The Balaban J connectivity index is 3.35. The highest BCUT2D eigenvalue weighted by Gasteiger charge is 2.15. The lowest BCUT2D eigenvalue weighted by Crippen LogP contribution is -2.16. The fourth-order valence-electron chi connectivity index (χ4n) is 1.52. The average molecular weight is 211 g/mol. The molecular weight excluding hydrogens is 197 g/mol. The van der Waals surface area contributed by atoms with E-state index in [4.69, 9.17) is 10.5 Å². The number of Topliss-reactive ketones (excluding diaryl/α,β-unsaturated/α-hetero) is 1. The van der Waals surface area contributed by atoms with Crippen LogP contribution in [0.1, 0.15) is 22.8 Å². The first-order chi connectivity index (χ1) is 7.13. The molecule has 1 rings (SSSR count). The molecule has 0 saturated heterocycles. The molecule has 0 atom stereocenters. The second kappa shape index (κ2) is 4.89. The van der Waals surface area contributed by atoms with Gasteiger partial charge in [-0.15, -0.1) is 0 Å². The predicted molar refractivity (Wildman–Crippen MR) is 55.7 cm³/mol. The smallest absolute Gasteiger partial charge is 0.176 e. The van der Waals surface area contributed by atoms with Crippen LogP contribution in [0.4, 0.5) is 4.39 Å². The molecule has 3 nitrogen and oxygen atoms in total. The predicted octanol–water partition coefficient (Wildman–Crippen LogP) is 1.54. The highest BCUT2D eigenvalue weighted by Crippen LogP contribution is 2.25. The van der Waals surface area contributed by atoms with Crippen LogP contribution < -0.4 is 10.5 Å². The summed E-state index contributed by atoms with van der Waals surface area (Å²) in [6, 6.07) is 2.47. The van der Waals surface area contributed by atoms with Crippen molar-refractivity contribution >= 4 is 5.78 Å². The van der Waals surface area contributed by atoms with Crippen LogP contribution in [0, 0.1) is 5.82 Å². The van der Waals surface area contributed by atoms with Gasteiger partial charge in [0.05, 0.1) is 13.7 Å². The van der Waals surface area contributed by atoms with Crippen LogP contribution in [0.2, 0.25) is 0 Å². The lowest BCUT2D eigenvalue weighted by atomic mass is 10.00. The molecular formula is C11H14FNO2. The van der Waals surface area contributed by atoms with Gasteiger partial charge in [-0.3, -0.25) is 4.79 Å². The third-order valence-corrected chi connectivity index (χ3v) is 2.23. The molecule has 0 radical (unpaired) electrons. The number of rotatable bonds is 4. The Morgan fingerprint density at radius 2 is 2.20 bits per heavy atom. The van der Waals surface area contributed by atoms with Crippen molar-refractivity contribution in [1.82, 2.24) is 0 Å². The van der Waals surface area contributed by atoms with Gasteiger partial charge in [0, 0.05) is 17.2 Å². The molecule has 0 unspecified atom stereocenters. The first kappa shape index (κ1) is 11.7. The van der Waals surface area contributed by atoms with Gasteiger partial charge in [0.15, 0.2) is 5.78 Å². The minimum Gasteiger partial charge on any atom is -0.496 e. The van der Waals surface area contributed by atoms with E-state index in [0.717, 1.165) is 0 Å². The maximum atomic E-state index is 13.2. The molecule has 0 spiro atoms. The van der Waals surface area contributed by atoms with Crippen molar-refractivity contribution in [3.05, 3.63) is 29.1 Å². The van der Waals surface area contributed by atoms with Crippen LogP contribution in [0.5, 0.6) is 5.75 Å². The molecule has 4 heteroatoms. The number of hydrogen-bond donors (Lipinski definition) is 1. The van der Waals surface area contributed by atoms with Crippen molar-refractivity contribution in [2.24, 2.45) is 5.73 Å². The van der Waals surface area contributed by atoms with Crippen LogP contribution in [-0.2, 0) is 6.42 Å². The average Bonchev–Trinajstić information content (AvgIpc) is 2.26. The summed E-state index contributed by atoms with van der Waals surface area (Å²) in [6.07, 6.45) is 0.602. The number of benzene rings is 1. The normalized spacial score (nSPS) is 10.1. The lowest BCUT2D eigenvalue weighted by Gasteiger charge is -2.11. The van der Waals surface area contributed by atoms with Gasteiger partial charge in [-0.25, -0.2) is 4.39 Å². The molecule has 0 bridgehead atoms. The number of halogens is 1. The van der Waals surface area contributed by atoms with Gasteiger partial charge >= 0.3 is 0 Å². The van der Waals surface area contributed by atoms with Crippen LogP contribution >= 0.6 is 0 Å². The second-order valence-corrected chi connectivity index (χ2v) is 3.12. The van der Waals surface area contributed by atoms with Gasteiger partial charge in [0.1, 0.15) is 11.6 Å². The SMILES string of the molecule is CCc1c(OC)cc(F)cc1C(=O)CN. The monoisotopic (exact) mass is 211 g/mol. The molecule has 1 aromatic rings. The zero-order valence-electron chi connectivity index (χ0n) is 8.84. The van der Waals surface area contributed by atoms with Crippen molar-refractivity contribution in [2.75, 3.05) is 13.7 Å². The van der Waals surface area contributed by atoms with Gasteiger partial charge in [-0.05, 0) is 12.5 Å². The molecule has 0 heterocycles. The van der Waals surface area contributed by atoms with Gasteiger partial charge in [0.25, 0.3) is 0 Å². The van der Waals surface area contributed by atoms with E-state index in [9.17, 15) is 9.18 Å². The molecule has 82 valence electrons. The summed E-state index contributed by atoms with van der Waals surface area (Å²) >= 11 is 0. The van der Waals surface area contributed by atoms with Gasteiger partial charge in [0.2, 0.25) is 0 Å². The number of ether oxygens (including phenoxy) is 1. The molecule has 0 aliphatic rings. The van der Waals surface area contributed by atoms with Crippen molar-refractivity contribution in [3.8, 4) is 5.75 Å². The van der Waals surface area contributed by atoms with Gasteiger partial charge < -0.3 is 10.5 Å². The van der Waals surface area contributed by atoms with E-state index in [2.05, 4.69) is 0 Å². The highest BCUT2D eigenvalue weighted by molar-refractivity contribution is 5.99.